The van der Waals surface area contributed by atoms with Gasteiger partial charge in [0.15, 0.2) is 10.8 Å². The zero-order valence-corrected chi connectivity index (χ0v) is 20.5. The van der Waals surface area contributed by atoms with Gasteiger partial charge in [-0.3, -0.25) is 0 Å². The van der Waals surface area contributed by atoms with E-state index >= 15 is 0 Å². The second-order valence-electron chi connectivity index (χ2n) is 8.77. The van der Waals surface area contributed by atoms with Crippen LogP contribution in [-0.4, -0.2) is 32.8 Å². The summed E-state index contributed by atoms with van der Waals surface area (Å²) in [5.41, 5.74) is 3.67. The fourth-order valence-corrected chi connectivity index (χ4v) is 4.07. The number of rotatable bonds is 9. The normalized spacial score (nSPS) is 12.7. The lowest BCUT2D eigenvalue weighted by Gasteiger charge is -2.30. The highest BCUT2D eigenvalue weighted by Crippen LogP contribution is 2.28. The van der Waals surface area contributed by atoms with Crippen LogP contribution in [0.15, 0.2) is 85.2 Å². The molecule has 0 fully saturated rings. The van der Waals surface area contributed by atoms with E-state index in [4.69, 9.17) is 21.1 Å². The lowest BCUT2D eigenvalue weighted by atomic mass is 9.95. The van der Waals surface area contributed by atoms with Crippen LogP contribution < -0.4 is 10.1 Å². The predicted molar refractivity (Wildman–Crippen MR) is 137 cm³/mol. The molecule has 1 amide bonds. The van der Waals surface area contributed by atoms with Crippen LogP contribution >= 0.6 is 11.6 Å². The lowest BCUT2D eigenvalue weighted by molar-refractivity contribution is 0.115. The van der Waals surface area contributed by atoms with Crippen LogP contribution in [0, 0.1) is 0 Å². The van der Waals surface area contributed by atoms with E-state index in [1.165, 1.54) is 0 Å². The van der Waals surface area contributed by atoms with E-state index in [2.05, 4.69) is 22.0 Å². The quantitative estimate of drug-likeness (QED) is 0.288. The molecule has 0 aliphatic carbocycles. The number of carbonyl (C=O) groups is 1. The van der Waals surface area contributed by atoms with Gasteiger partial charge in [0.25, 0.3) is 0 Å². The van der Waals surface area contributed by atoms with Crippen molar-refractivity contribution < 1.29 is 14.3 Å². The number of carbonyl (C=O) groups excluding carboxylic acids is 1. The van der Waals surface area contributed by atoms with Crippen LogP contribution in [0.25, 0.3) is 16.8 Å². The van der Waals surface area contributed by atoms with Gasteiger partial charge in [-0.1, -0.05) is 59.6 Å². The highest BCUT2D eigenvalue weighted by molar-refractivity contribution is 6.29. The number of benzene rings is 2. The molecule has 7 nitrogen and oxygen atoms in total. The summed E-state index contributed by atoms with van der Waals surface area (Å²) in [6.07, 6.45) is 3.47. The molecular formula is C27H27ClN4O3. The van der Waals surface area contributed by atoms with Gasteiger partial charge in [0.05, 0.1) is 5.54 Å². The molecule has 4 aromatic rings. The van der Waals surface area contributed by atoms with E-state index in [-0.39, 0.29) is 13.2 Å². The van der Waals surface area contributed by atoms with Gasteiger partial charge in [-0.25, -0.2) is 14.3 Å². The number of nitrogens with one attached hydrogen (secondary N) is 1. The Morgan fingerprint density at radius 1 is 1.17 bits per heavy atom. The second kappa shape index (κ2) is 10.6. The molecule has 1 atom stereocenters. The SMILES string of the molecule is C=C(C)C[C@@](C)(COc1ccc(-c2cc(Cl)nn3ccnc23)cc1)NC(=O)OCc1ccccc1. The van der Waals surface area contributed by atoms with Gasteiger partial charge in [-0.05, 0) is 49.6 Å². The fraction of sp³-hybridized carbons (Fsp3) is 0.222. The molecule has 0 aliphatic rings. The van der Waals surface area contributed by atoms with Crippen molar-refractivity contribution in [1.82, 2.24) is 19.9 Å². The lowest BCUT2D eigenvalue weighted by Crippen LogP contribution is -2.50. The number of fused-ring (bicyclic) bond motifs is 1. The summed E-state index contributed by atoms with van der Waals surface area (Å²) in [5, 5.41) is 7.54. The molecule has 0 bridgehead atoms. The van der Waals surface area contributed by atoms with Crippen LogP contribution in [0.2, 0.25) is 5.15 Å². The number of hydrogen-bond donors (Lipinski definition) is 1. The molecule has 0 spiro atoms. The zero-order valence-electron chi connectivity index (χ0n) is 19.7. The molecule has 0 aliphatic heterocycles. The van der Waals surface area contributed by atoms with Gasteiger partial charge >= 0.3 is 6.09 Å². The van der Waals surface area contributed by atoms with Crippen molar-refractivity contribution in [3.63, 3.8) is 0 Å². The molecule has 0 saturated heterocycles. The summed E-state index contributed by atoms with van der Waals surface area (Å²) in [6, 6.07) is 19.0. The maximum absolute atomic E-state index is 12.5. The van der Waals surface area contributed by atoms with Crippen molar-refractivity contribution in [2.24, 2.45) is 0 Å². The number of imidazole rings is 1. The topological polar surface area (TPSA) is 77.8 Å². The van der Waals surface area contributed by atoms with E-state index < -0.39 is 11.6 Å². The van der Waals surface area contributed by atoms with E-state index in [0.717, 1.165) is 27.9 Å². The number of nitrogens with zero attached hydrogens (tertiary/aromatic N) is 3. The third-order valence-electron chi connectivity index (χ3n) is 5.36. The number of aromatic nitrogens is 3. The van der Waals surface area contributed by atoms with Gasteiger partial charge in [0, 0.05) is 18.0 Å². The standard InChI is InChI=1S/C27H27ClN4O3/c1-19(2)16-27(3,30-26(33)34-17-20-7-5-4-6-8-20)18-35-22-11-9-21(10-12-22)23-15-24(28)31-32-14-13-29-25(23)32/h4-15H,1,16-18H2,2-3H3,(H,30,33)/t27-/m0/s1. The molecule has 2 aromatic heterocycles. The molecule has 0 saturated carbocycles. The van der Waals surface area contributed by atoms with E-state index in [9.17, 15) is 4.79 Å². The van der Waals surface area contributed by atoms with Crippen molar-refractivity contribution in [3.8, 4) is 16.9 Å². The Kier molecular flexibility index (Phi) is 7.36. The second-order valence-corrected chi connectivity index (χ2v) is 9.16. The Bertz CT molecular complexity index is 1320. The van der Waals surface area contributed by atoms with Crippen molar-refractivity contribution in [2.45, 2.75) is 32.4 Å². The average Bonchev–Trinajstić information content (AvgIpc) is 3.30. The van der Waals surface area contributed by atoms with Crippen LogP contribution in [0.5, 0.6) is 5.75 Å². The first-order chi connectivity index (χ1) is 16.8. The first-order valence-corrected chi connectivity index (χ1v) is 11.6. The number of halogens is 1. The minimum absolute atomic E-state index is 0.195. The smallest absolute Gasteiger partial charge is 0.408 e. The molecule has 8 heteroatoms. The van der Waals surface area contributed by atoms with Crippen LogP contribution in [0.1, 0.15) is 25.8 Å². The summed E-state index contributed by atoms with van der Waals surface area (Å²) < 4.78 is 13.1. The Hall–Kier alpha value is -3.84. The van der Waals surface area contributed by atoms with Crippen LogP contribution in [-0.2, 0) is 11.3 Å². The van der Waals surface area contributed by atoms with Gasteiger partial charge in [-0.2, -0.15) is 5.10 Å². The number of amides is 1. The predicted octanol–water partition coefficient (Wildman–Crippen LogP) is 6.08. The zero-order chi connectivity index (χ0) is 24.8. The third-order valence-corrected chi connectivity index (χ3v) is 5.55. The van der Waals surface area contributed by atoms with Crippen molar-refractivity contribution in [2.75, 3.05) is 6.61 Å². The summed E-state index contributed by atoms with van der Waals surface area (Å²) in [4.78, 5) is 16.9. The third kappa shape index (κ3) is 6.39. The van der Waals surface area contributed by atoms with Crippen molar-refractivity contribution in [1.29, 1.82) is 0 Å². The van der Waals surface area contributed by atoms with Crippen LogP contribution in [0.3, 0.4) is 0 Å². The minimum Gasteiger partial charge on any atom is -0.491 e. The molecule has 35 heavy (non-hydrogen) atoms. The van der Waals surface area contributed by atoms with Gasteiger partial charge < -0.3 is 14.8 Å². The summed E-state index contributed by atoms with van der Waals surface area (Å²) in [6.45, 7) is 8.26. The summed E-state index contributed by atoms with van der Waals surface area (Å²) >= 11 is 6.17. The van der Waals surface area contributed by atoms with Crippen LogP contribution in [0.4, 0.5) is 4.79 Å². The van der Waals surface area contributed by atoms with E-state index in [0.29, 0.717) is 17.3 Å². The molecule has 2 heterocycles. The van der Waals surface area contributed by atoms with Gasteiger partial charge in [-0.15, -0.1) is 6.58 Å². The Morgan fingerprint density at radius 2 is 1.91 bits per heavy atom. The van der Waals surface area contributed by atoms with Crippen molar-refractivity contribution >= 4 is 23.3 Å². The highest BCUT2D eigenvalue weighted by atomic mass is 35.5. The monoisotopic (exact) mass is 490 g/mol. The number of hydrogen-bond acceptors (Lipinski definition) is 5. The largest absolute Gasteiger partial charge is 0.491 e. The summed E-state index contributed by atoms with van der Waals surface area (Å²) in [5.74, 6) is 0.667. The average molecular weight is 491 g/mol. The molecule has 180 valence electrons. The molecular weight excluding hydrogens is 464 g/mol. The Morgan fingerprint density at radius 3 is 2.63 bits per heavy atom. The summed E-state index contributed by atoms with van der Waals surface area (Å²) in [7, 11) is 0. The van der Waals surface area contributed by atoms with E-state index in [1.807, 2.05) is 68.4 Å². The molecule has 0 radical (unpaired) electrons. The molecule has 4 rings (SSSR count). The number of ether oxygens (including phenoxy) is 2. The fourth-order valence-electron chi connectivity index (χ4n) is 3.87. The molecule has 0 unspecified atom stereocenters. The maximum atomic E-state index is 12.5. The molecule has 1 N–H and O–H groups in total. The van der Waals surface area contributed by atoms with Gasteiger partial charge in [0.2, 0.25) is 0 Å². The molecule has 2 aromatic carbocycles. The minimum atomic E-state index is -0.696. The first-order valence-electron chi connectivity index (χ1n) is 11.2. The maximum Gasteiger partial charge on any atom is 0.408 e. The highest BCUT2D eigenvalue weighted by Gasteiger charge is 2.28. The van der Waals surface area contributed by atoms with Crippen molar-refractivity contribution in [3.05, 3.63) is 95.9 Å². The Balaban J connectivity index is 1.41. The first kappa shape index (κ1) is 24.3. The van der Waals surface area contributed by atoms with Gasteiger partial charge in [0.1, 0.15) is 19.0 Å². The Labute approximate surface area is 209 Å². The number of alkyl carbamates (subject to hydrolysis) is 1. The van der Waals surface area contributed by atoms with E-state index in [1.54, 1.807) is 23.0 Å².